The van der Waals surface area contributed by atoms with Crippen LogP contribution in [0.5, 0.6) is 0 Å². The van der Waals surface area contributed by atoms with Crippen LogP contribution in [0, 0.1) is 5.82 Å². The molecule has 0 amide bonds. The van der Waals surface area contributed by atoms with E-state index in [1.54, 1.807) is 29.8 Å². The monoisotopic (exact) mass is 361 g/mol. The second-order valence-corrected chi connectivity index (χ2v) is 6.36. The molecule has 1 aliphatic rings. The minimum absolute atomic E-state index is 0.0588. The number of hydrogen-bond acceptors (Lipinski definition) is 5. The van der Waals surface area contributed by atoms with Gasteiger partial charge in [0.05, 0.1) is 31.9 Å². The summed E-state index contributed by atoms with van der Waals surface area (Å²) >= 11 is 0. The minimum atomic E-state index is -0.294. The number of esters is 1. The van der Waals surface area contributed by atoms with Crippen LogP contribution in [0.15, 0.2) is 30.5 Å². The van der Waals surface area contributed by atoms with Gasteiger partial charge < -0.3 is 9.47 Å². The number of morpholine rings is 1. The van der Waals surface area contributed by atoms with Crippen LogP contribution in [0.2, 0.25) is 0 Å². The lowest BCUT2D eigenvalue weighted by atomic mass is 10.1. The molecule has 3 rings (SSSR count). The zero-order chi connectivity index (χ0) is 18.5. The van der Waals surface area contributed by atoms with Gasteiger partial charge in [0.25, 0.3) is 0 Å². The second kappa shape index (κ2) is 8.42. The Morgan fingerprint density at radius 1 is 1.42 bits per heavy atom. The molecule has 1 aliphatic heterocycles. The zero-order valence-electron chi connectivity index (χ0n) is 15.2. The third-order valence-corrected chi connectivity index (χ3v) is 4.46. The topological polar surface area (TPSA) is 56.6 Å². The van der Waals surface area contributed by atoms with E-state index in [4.69, 9.17) is 9.47 Å². The maximum Gasteiger partial charge on any atom is 0.307 e. The fourth-order valence-electron chi connectivity index (χ4n) is 3.25. The number of carbonyl (C=O) groups excluding carboxylic acids is 1. The van der Waals surface area contributed by atoms with Crippen LogP contribution in [0.1, 0.15) is 18.9 Å². The van der Waals surface area contributed by atoms with Gasteiger partial charge >= 0.3 is 5.97 Å². The summed E-state index contributed by atoms with van der Waals surface area (Å²) in [5, 5.41) is 4.45. The molecule has 1 fully saturated rings. The summed E-state index contributed by atoms with van der Waals surface area (Å²) in [5.74, 6) is -0.522. The van der Waals surface area contributed by atoms with Crippen molar-refractivity contribution >= 4 is 5.97 Å². The molecule has 2 heterocycles. The molecule has 0 spiro atoms. The third-order valence-electron chi connectivity index (χ3n) is 4.46. The first kappa shape index (κ1) is 18.5. The van der Waals surface area contributed by atoms with Crippen LogP contribution in [0.25, 0.3) is 11.3 Å². The number of carbonyl (C=O) groups is 1. The molecule has 1 aromatic heterocycles. The van der Waals surface area contributed by atoms with Crippen molar-refractivity contribution < 1.29 is 18.7 Å². The molecule has 7 heteroatoms. The van der Waals surface area contributed by atoms with Crippen molar-refractivity contribution in [1.29, 1.82) is 0 Å². The summed E-state index contributed by atoms with van der Waals surface area (Å²) in [6.07, 6.45) is 2.18. The molecule has 1 aromatic carbocycles. The van der Waals surface area contributed by atoms with Gasteiger partial charge in [-0.25, -0.2) is 4.39 Å². The van der Waals surface area contributed by atoms with Gasteiger partial charge in [0.1, 0.15) is 5.82 Å². The van der Waals surface area contributed by atoms with Crippen LogP contribution < -0.4 is 0 Å². The molecule has 0 N–H and O–H groups in total. The molecule has 0 radical (unpaired) electrons. The largest absolute Gasteiger partial charge is 0.466 e. The smallest absolute Gasteiger partial charge is 0.307 e. The molecule has 1 saturated heterocycles. The lowest BCUT2D eigenvalue weighted by Gasteiger charge is -2.35. The molecule has 0 bridgehead atoms. The van der Waals surface area contributed by atoms with E-state index in [9.17, 15) is 9.18 Å². The molecule has 2 aromatic rings. The number of aryl methyl sites for hydroxylation is 1. The molecular formula is C19H24FN3O3. The molecule has 140 valence electrons. The van der Waals surface area contributed by atoms with Gasteiger partial charge in [-0.1, -0.05) is 12.1 Å². The van der Waals surface area contributed by atoms with E-state index in [1.807, 2.05) is 13.2 Å². The van der Waals surface area contributed by atoms with E-state index in [0.717, 1.165) is 5.56 Å². The number of benzene rings is 1. The molecule has 0 unspecified atom stereocenters. The second-order valence-electron chi connectivity index (χ2n) is 6.36. The first-order valence-electron chi connectivity index (χ1n) is 8.83. The lowest BCUT2D eigenvalue weighted by Crippen LogP contribution is -2.46. The van der Waals surface area contributed by atoms with Gasteiger partial charge in [-0.2, -0.15) is 5.10 Å². The Balaban J connectivity index is 1.81. The van der Waals surface area contributed by atoms with E-state index in [0.29, 0.717) is 44.2 Å². The molecule has 0 aliphatic carbocycles. The molecule has 0 saturated carbocycles. The number of rotatable bonds is 6. The van der Waals surface area contributed by atoms with Crippen molar-refractivity contribution in [2.75, 3.05) is 26.4 Å². The Morgan fingerprint density at radius 3 is 3.00 bits per heavy atom. The van der Waals surface area contributed by atoms with E-state index >= 15 is 0 Å². The van der Waals surface area contributed by atoms with Crippen molar-refractivity contribution in [2.45, 2.75) is 25.9 Å². The van der Waals surface area contributed by atoms with E-state index in [1.165, 1.54) is 6.07 Å². The van der Waals surface area contributed by atoms with Crippen molar-refractivity contribution in [3.8, 4) is 11.3 Å². The van der Waals surface area contributed by atoms with E-state index in [2.05, 4.69) is 10.00 Å². The summed E-state index contributed by atoms with van der Waals surface area (Å²) in [7, 11) is 1.82. The van der Waals surface area contributed by atoms with Gasteiger partial charge in [0, 0.05) is 43.5 Å². The highest BCUT2D eigenvalue weighted by Crippen LogP contribution is 2.27. The van der Waals surface area contributed by atoms with Gasteiger partial charge in [-0.3, -0.25) is 14.4 Å². The Kier molecular flexibility index (Phi) is 6.00. The molecule has 1 atom stereocenters. The predicted octanol–water partition coefficient (Wildman–Crippen LogP) is 2.38. The Hall–Kier alpha value is -2.25. The van der Waals surface area contributed by atoms with Crippen molar-refractivity contribution in [1.82, 2.24) is 14.7 Å². The first-order valence-corrected chi connectivity index (χ1v) is 8.83. The van der Waals surface area contributed by atoms with Crippen molar-refractivity contribution in [3.63, 3.8) is 0 Å². The maximum atomic E-state index is 14.2. The van der Waals surface area contributed by atoms with Gasteiger partial charge in [-0.05, 0) is 19.1 Å². The summed E-state index contributed by atoms with van der Waals surface area (Å²) in [4.78, 5) is 14.1. The Labute approximate surface area is 152 Å². The molecular weight excluding hydrogens is 337 g/mol. The Morgan fingerprint density at radius 2 is 2.23 bits per heavy atom. The minimum Gasteiger partial charge on any atom is -0.466 e. The number of nitrogens with zero attached hydrogens (tertiary/aromatic N) is 3. The Bertz CT molecular complexity index is 762. The van der Waals surface area contributed by atoms with Gasteiger partial charge in [0.15, 0.2) is 0 Å². The number of hydrogen-bond donors (Lipinski definition) is 0. The fraction of sp³-hybridized carbons (Fsp3) is 0.474. The van der Waals surface area contributed by atoms with Crippen LogP contribution in [0.4, 0.5) is 4.39 Å². The van der Waals surface area contributed by atoms with Crippen molar-refractivity contribution in [2.24, 2.45) is 7.05 Å². The molecule has 26 heavy (non-hydrogen) atoms. The SMILES string of the molecule is CCOC(=O)C[C@@H]1COCCN1Cc1cn(C)nc1-c1ccccc1F. The van der Waals surface area contributed by atoms with Gasteiger partial charge in [0.2, 0.25) is 0 Å². The van der Waals surface area contributed by atoms with Crippen LogP contribution in [0.3, 0.4) is 0 Å². The molecule has 6 nitrogen and oxygen atoms in total. The first-order chi connectivity index (χ1) is 12.6. The number of ether oxygens (including phenoxy) is 2. The maximum absolute atomic E-state index is 14.2. The quantitative estimate of drug-likeness (QED) is 0.740. The summed E-state index contributed by atoms with van der Waals surface area (Å²) in [5.41, 5.74) is 2.04. The van der Waals surface area contributed by atoms with Crippen molar-refractivity contribution in [3.05, 3.63) is 41.8 Å². The number of halogens is 1. The summed E-state index contributed by atoms with van der Waals surface area (Å²) in [6, 6.07) is 6.58. The average molecular weight is 361 g/mol. The van der Waals surface area contributed by atoms with Crippen LogP contribution in [-0.2, 0) is 27.9 Å². The summed E-state index contributed by atoms with van der Waals surface area (Å²) in [6.45, 7) is 4.53. The normalized spacial score (nSPS) is 18.0. The number of aromatic nitrogens is 2. The van der Waals surface area contributed by atoms with E-state index in [-0.39, 0.29) is 24.2 Å². The highest BCUT2D eigenvalue weighted by Gasteiger charge is 2.27. The van der Waals surface area contributed by atoms with Crippen LogP contribution in [-0.4, -0.2) is 53.1 Å². The summed E-state index contributed by atoms with van der Waals surface area (Å²) < 4.78 is 26.5. The highest BCUT2D eigenvalue weighted by molar-refractivity contribution is 5.70. The van der Waals surface area contributed by atoms with Gasteiger partial charge in [-0.15, -0.1) is 0 Å². The third kappa shape index (κ3) is 4.28. The lowest BCUT2D eigenvalue weighted by molar-refractivity contribution is -0.146. The van der Waals surface area contributed by atoms with E-state index < -0.39 is 0 Å². The average Bonchev–Trinajstić information content (AvgIpc) is 2.97. The fourth-order valence-corrected chi connectivity index (χ4v) is 3.25. The highest BCUT2D eigenvalue weighted by atomic mass is 19.1. The predicted molar refractivity (Wildman–Crippen MR) is 94.9 cm³/mol. The van der Waals surface area contributed by atoms with Crippen LogP contribution >= 0.6 is 0 Å². The standard InChI is InChI=1S/C19H24FN3O3/c1-3-26-18(24)10-15-13-25-9-8-23(15)12-14-11-22(2)21-19(14)16-6-4-5-7-17(16)20/h4-7,11,15H,3,8-10,12-13H2,1-2H3/t15-/m1/s1. The zero-order valence-corrected chi connectivity index (χ0v) is 15.2.